The summed E-state index contributed by atoms with van der Waals surface area (Å²) in [5.74, 6) is 1.20. The number of hydrogen-bond acceptors (Lipinski definition) is 5. The third-order valence-corrected chi connectivity index (χ3v) is 12.0. The first kappa shape index (κ1) is 24.5. The molecule has 5 rings (SSSR count). The van der Waals surface area contributed by atoms with Crippen LogP contribution in [-0.4, -0.2) is 45.7 Å². The Morgan fingerprint density at radius 3 is 2.62 bits per heavy atom. The Labute approximate surface area is 208 Å². The molecule has 2 N–H and O–H groups in total. The maximum Gasteiger partial charge on any atom is 0.336 e. The second kappa shape index (κ2) is 8.18. The van der Waals surface area contributed by atoms with Crippen LogP contribution in [0.15, 0.2) is 23.3 Å². The van der Waals surface area contributed by atoms with E-state index in [-0.39, 0.29) is 47.6 Å². The molecule has 188 valence electrons. The molecule has 10 atom stereocenters. The lowest BCUT2D eigenvalue weighted by atomic mass is 9.44. The largest absolute Gasteiger partial charge is 0.458 e. The number of carbonyl (C=O) groups excluding carboxylic acids is 2. The third-order valence-electron chi connectivity index (χ3n) is 11.2. The molecule has 5 aliphatic rings. The summed E-state index contributed by atoms with van der Waals surface area (Å²) in [6.45, 7) is 8.28. The average molecular weight is 491 g/mol. The van der Waals surface area contributed by atoms with Gasteiger partial charge in [0.2, 0.25) is 0 Å². The summed E-state index contributed by atoms with van der Waals surface area (Å²) in [6.07, 6.45) is 8.66. The highest BCUT2D eigenvalue weighted by molar-refractivity contribution is 6.28. The highest BCUT2D eigenvalue weighted by Gasteiger charge is 2.69. The summed E-state index contributed by atoms with van der Waals surface area (Å²) in [6, 6.07) is 0. The Morgan fingerprint density at radius 1 is 1.21 bits per heavy atom. The minimum atomic E-state index is -0.913. The SMILES string of the molecule is CC1=C(CO)C(=O)OC([C@@H](C)[C@H]2CCC3C4C[C@@H](O)[C@@]5(Cl)CC=CC(=O)[C@]5(C)C4CC[C@@]32C)C1. The second-order valence-electron chi connectivity index (χ2n) is 12.3. The van der Waals surface area contributed by atoms with Crippen molar-refractivity contribution in [1.29, 1.82) is 0 Å². The normalized spacial score (nSPS) is 49.3. The van der Waals surface area contributed by atoms with E-state index in [2.05, 4.69) is 13.8 Å². The van der Waals surface area contributed by atoms with Crippen molar-refractivity contribution >= 4 is 23.4 Å². The van der Waals surface area contributed by atoms with Crippen LogP contribution in [0.2, 0.25) is 0 Å². The molecule has 4 unspecified atom stereocenters. The molecule has 5 nitrogen and oxygen atoms in total. The van der Waals surface area contributed by atoms with Crippen molar-refractivity contribution < 1.29 is 24.5 Å². The van der Waals surface area contributed by atoms with Gasteiger partial charge < -0.3 is 14.9 Å². The minimum Gasteiger partial charge on any atom is -0.458 e. The number of cyclic esters (lactones) is 1. The number of esters is 1. The molecule has 0 bridgehead atoms. The predicted molar refractivity (Wildman–Crippen MR) is 130 cm³/mol. The minimum absolute atomic E-state index is 0.0742. The lowest BCUT2D eigenvalue weighted by Crippen LogP contribution is -2.67. The number of halogens is 1. The number of allylic oxidation sites excluding steroid dienone is 2. The lowest BCUT2D eigenvalue weighted by molar-refractivity contribution is -0.162. The van der Waals surface area contributed by atoms with E-state index >= 15 is 0 Å². The van der Waals surface area contributed by atoms with Gasteiger partial charge >= 0.3 is 5.97 Å². The van der Waals surface area contributed by atoms with Crippen LogP contribution in [0.4, 0.5) is 0 Å². The van der Waals surface area contributed by atoms with Gasteiger partial charge in [0.1, 0.15) is 6.10 Å². The molecule has 0 saturated heterocycles. The van der Waals surface area contributed by atoms with Crippen molar-refractivity contribution in [3.63, 3.8) is 0 Å². The summed E-state index contributed by atoms with van der Waals surface area (Å²) in [7, 11) is 0. The van der Waals surface area contributed by atoms with E-state index < -0.39 is 16.4 Å². The summed E-state index contributed by atoms with van der Waals surface area (Å²) >= 11 is 7.10. The number of aliphatic hydroxyl groups excluding tert-OH is 2. The van der Waals surface area contributed by atoms with Gasteiger partial charge in [-0.3, -0.25) is 4.79 Å². The van der Waals surface area contributed by atoms with E-state index in [0.29, 0.717) is 36.7 Å². The highest BCUT2D eigenvalue weighted by atomic mass is 35.5. The number of hydrogen-bond donors (Lipinski definition) is 2. The fourth-order valence-corrected chi connectivity index (χ4v) is 9.60. The molecule has 0 aromatic rings. The van der Waals surface area contributed by atoms with Gasteiger partial charge in [-0.25, -0.2) is 4.79 Å². The second-order valence-corrected chi connectivity index (χ2v) is 13.0. The summed E-state index contributed by atoms with van der Waals surface area (Å²) in [5, 5.41) is 20.8. The molecule has 0 radical (unpaired) electrons. The predicted octanol–water partition coefficient (Wildman–Crippen LogP) is 4.58. The zero-order chi connectivity index (χ0) is 24.6. The fourth-order valence-electron chi connectivity index (χ4n) is 9.18. The number of ketones is 1. The third kappa shape index (κ3) is 3.12. The Kier molecular flexibility index (Phi) is 5.90. The number of carbonyl (C=O) groups is 2. The molecule has 0 aromatic carbocycles. The van der Waals surface area contributed by atoms with Crippen molar-refractivity contribution in [2.24, 2.45) is 40.4 Å². The van der Waals surface area contributed by atoms with Gasteiger partial charge in [-0.2, -0.15) is 0 Å². The molecule has 4 aliphatic carbocycles. The molecular formula is C28H39ClO5. The van der Waals surface area contributed by atoms with Crippen LogP contribution in [0.5, 0.6) is 0 Å². The Bertz CT molecular complexity index is 956. The van der Waals surface area contributed by atoms with Crippen LogP contribution in [-0.2, 0) is 14.3 Å². The zero-order valence-electron chi connectivity index (χ0n) is 20.9. The number of rotatable bonds is 3. The molecule has 0 amide bonds. The van der Waals surface area contributed by atoms with Gasteiger partial charge in [0.25, 0.3) is 0 Å². The molecule has 34 heavy (non-hydrogen) atoms. The first-order chi connectivity index (χ1) is 16.0. The van der Waals surface area contributed by atoms with E-state index in [9.17, 15) is 19.8 Å². The van der Waals surface area contributed by atoms with Crippen molar-refractivity contribution in [2.45, 2.75) is 89.7 Å². The summed E-state index contributed by atoms with van der Waals surface area (Å²) < 4.78 is 5.83. The molecule has 1 aliphatic heterocycles. The molecule has 6 heteroatoms. The highest BCUT2D eigenvalue weighted by Crippen LogP contribution is 2.69. The van der Waals surface area contributed by atoms with Gasteiger partial charge in [-0.1, -0.05) is 32.4 Å². The molecular weight excluding hydrogens is 452 g/mol. The van der Waals surface area contributed by atoms with E-state index in [4.69, 9.17) is 16.3 Å². The molecule has 3 fully saturated rings. The van der Waals surface area contributed by atoms with Gasteiger partial charge in [0, 0.05) is 6.42 Å². The lowest BCUT2D eigenvalue weighted by Gasteiger charge is -2.63. The van der Waals surface area contributed by atoms with Gasteiger partial charge in [0.15, 0.2) is 5.78 Å². The quantitative estimate of drug-likeness (QED) is 0.446. The van der Waals surface area contributed by atoms with E-state index in [1.54, 1.807) is 6.08 Å². The zero-order valence-corrected chi connectivity index (χ0v) is 21.6. The average Bonchev–Trinajstić information content (AvgIpc) is 3.13. The fraction of sp³-hybridized carbons (Fsp3) is 0.786. The molecule has 0 spiro atoms. The van der Waals surface area contributed by atoms with Crippen molar-refractivity contribution in [3.8, 4) is 0 Å². The first-order valence-electron chi connectivity index (χ1n) is 13.1. The smallest absolute Gasteiger partial charge is 0.336 e. The standard InChI is InChI=1S/C28H39ClO5/c1-15-12-22(34-25(33)18(15)14-30)16(2)19-7-8-20-17-13-24(32)28(29)10-5-6-23(31)27(28,4)21(17)9-11-26(19,20)3/h5-6,16-17,19-22,24,30,32H,7-14H2,1-4H3/t16-,17?,19+,20?,21?,22?,24+,26+,27-,28-/m0/s1. The summed E-state index contributed by atoms with van der Waals surface area (Å²) in [5.41, 5.74) is 0.681. The van der Waals surface area contributed by atoms with E-state index in [1.807, 2.05) is 19.9 Å². The molecule has 0 aromatic heterocycles. The number of fused-ring (bicyclic) bond motifs is 5. The maximum absolute atomic E-state index is 13.3. The Balaban J connectivity index is 1.42. The van der Waals surface area contributed by atoms with Crippen LogP contribution in [0, 0.1) is 40.4 Å². The Morgan fingerprint density at radius 2 is 1.94 bits per heavy atom. The van der Waals surface area contributed by atoms with Crippen LogP contribution >= 0.6 is 11.6 Å². The molecule has 1 heterocycles. The van der Waals surface area contributed by atoms with E-state index in [0.717, 1.165) is 31.3 Å². The number of alkyl halides is 1. The van der Waals surface area contributed by atoms with Crippen LogP contribution in [0.25, 0.3) is 0 Å². The van der Waals surface area contributed by atoms with Crippen molar-refractivity contribution in [2.75, 3.05) is 6.61 Å². The van der Waals surface area contributed by atoms with E-state index in [1.165, 1.54) is 0 Å². The first-order valence-corrected chi connectivity index (χ1v) is 13.4. The monoisotopic (exact) mass is 490 g/mol. The van der Waals surface area contributed by atoms with Crippen molar-refractivity contribution in [3.05, 3.63) is 23.3 Å². The molecule has 3 saturated carbocycles. The van der Waals surface area contributed by atoms with Crippen LogP contribution in [0.3, 0.4) is 0 Å². The summed E-state index contributed by atoms with van der Waals surface area (Å²) in [4.78, 5) is 24.8. The Hall–Kier alpha value is -1.17. The van der Waals surface area contributed by atoms with Gasteiger partial charge in [0.05, 0.1) is 28.6 Å². The number of ether oxygens (including phenoxy) is 1. The van der Waals surface area contributed by atoms with Crippen LogP contribution < -0.4 is 0 Å². The maximum atomic E-state index is 13.3. The topological polar surface area (TPSA) is 83.8 Å². The van der Waals surface area contributed by atoms with Crippen molar-refractivity contribution in [1.82, 2.24) is 0 Å². The van der Waals surface area contributed by atoms with Crippen LogP contribution in [0.1, 0.15) is 72.6 Å². The van der Waals surface area contributed by atoms with Gasteiger partial charge in [-0.15, -0.1) is 11.6 Å². The number of aliphatic hydroxyl groups is 2. The van der Waals surface area contributed by atoms with Gasteiger partial charge in [-0.05, 0) is 86.5 Å².